The first-order valence-electron chi connectivity index (χ1n) is 10.3. The van der Waals surface area contributed by atoms with Crippen molar-refractivity contribution in [3.63, 3.8) is 0 Å². The highest BCUT2D eigenvalue weighted by molar-refractivity contribution is 7.09. The molecule has 1 saturated heterocycles. The lowest BCUT2D eigenvalue weighted by Crippen LogP contribution is -2.52. The van der Waals surface area contributed by atoms with Gasteiger partial charge in [0.15, 0.2) is 0 Å². The molecule has 9 heteroatoms. The number of aliphatic hydroxyl groups is 1. The van der Waals surface area contributed by atoms with Gasteiger partial charge in [0.1, 0.15) is 12.7 Å². The fourth-order valence-electron chi connectivity index (χ4n) is 3.74. The number of nitrogens with zero attached hydrogens (tertiary/aromatic N) is 3. The first-order chi connectivity index (χ1) is 16.0. The van der Waals surface area contributed by atoms with Crippen molar-refractivity contribution < 1.29 is 19.4 Å². The maximum Gasteiger partial charge on any atom is 0.255 e. The number of rotatable bonds is 6. The molecule has 33 heavy (non-hydrogen) atoms. The number of amides is 2. The molecule has 0 radical (unpaired) electrons. The predicted octanol–water partition coefficient (Wildman–Crippen LogP) is 3.04. The predicted molar refractivity (Wildman–Crippen MR) is 123 cm³/mol. The van der Waals surface area contributed by atoms with Crippen LogP contribution in [0.15, 0.2) is 54.0 Å². The Morgan fingerprint density at radius 2 is 2.12 bits per heavy atom. The second-order valence-electron chi connectivity index (χ2n) is 7.63. The highest BCUT2D eigenvalue weighted by Gasteiger charge is 2.37. The maximum atomic E-state index is 12.5. The zero-order valence-electron chi connectivity index (χ0n) is 17.9. The van der Waals surface area contributed by atoms with Gasteiger partial charge in [-0.1, -0.05) is 18.2 Å². The van der Waals surface area contributed by atoms with Crippen molar-refractivity contribution in [1.82, 2.24) is 9.88 Å². The molecule has 1 aromatic heterocycles. The molecule has 2 aromatic carbocycles. The summed E-state index contributed by atoms with van der Waals surface area (Å²) >= 11 is 1.48. The monoisotopic (exact) mass is 462 g/mol. The molecule has 0 bridgehead atoms. The van der Waals surface area contributed by atoms with Gasteiger partial charge in [-0.2, -0.15) is 5.26 Å². The van der Waals surface area contributed by atoms with E-state index in [4.69, 9.17) is 10.00 Å². The average molecular weight is 463 g/mol. The Hall–Kier alpha value is -3.58. The molecule has 0 saturated carbocycles. The molecule has 8 nitrogen and oxygen atoms in total. The third-order valence-corrected chi connectivity index (χ3v) is 6.47. The van der Waals surface area contributed by atoms with E-state index in [0.29, 0.717) is 23.4 Å². The molecule has 3 aromatic rings. The van der Waals surface area contributed by atoms with Crippen molar-refractivity contribution >= 4 is 28.8 Å². The van der Waals surface area contributed by atoms with E-state index in [2.05, 4.69) is 10.3 Å². The first-order valence-corrected chi connectivity index (χ1v) is 11.2. The smallest absolute Gasteiger partial charge is 0.255 e. The minimum atomic E-state index is -0.540. The van der Waals surface area contributed by atoms with Crippen molar-refractivity contribution in [3.8, 4) is 6.07 Å². The van der Waals surface area contributed by atoms with Gasteiger partial charge in [-0.3, -0.25) is 9.59 Å². The summed E-state index contributed by atoms with van der Waals surface area (Å²) in [5.74, 6) is -0.500. The Balaban J connectivity index is 1.49. The Morgan fingerprint density at radius 3 is 2.79 bits per heavy atom. The van der Waals surface area contributed by atoms with E-state index in [0.717, 1.165) is 16.1 Å². The van der Waals surface area contributed by atoms with Crippen LogP contribution in [0.25, 0.3) is 0 Å². The van der Waals surface area contributed by atoms with E-state index in [1.54, 1.807) is 52.9 Å². The largest absolute Gasteiger partial charge is 0.394 e. The minimum absolute atomic E-state index is 0.0766. The summed E-state index contributed by atoms with van der Waals surface area (Å²) in [5.41, 5.74) is 4.78. The topological polar surface area (TPSA) is 116 Å². The Bertz CT molecular complexity index is 1200. The minimum Gasteiger partial charge on any atom is -0.394 e. The summed E-state index contributed by atoms with van der Waals surface area (Å²) in [5, 5.41) is 21.9. The van der Waals surface area contributed by atoms with Crippen LogP contribution in [0.2, 0.25) is 0 Å². The zero-order valence-corrected chi connectivity index (χ0v) is 18.7. The number of morpholine rings is 1. The Labute approximate surface area is 195 Å². The summed E-state index contributed by atoms with van der Waals surface area (Å²) in [6.07, 6.45) is -0.502. The highest BCUT2D eigenvalue weighted by Crippen LogP contribution is 2.31. The normalized spacial score (nSPS) is 18.1. The molecular formula is C24H22N4O4S. The summed E-state index contributed by atoms with van der Waals surface area (Å²) < 4.78 is 5.79. The number of benzene rings is 2. The van der Waals surface area contributed by atoms with Gasteiger partial charge in [0.2, 0.25) is 5.91 Å². The van der Waals surface area contributed by atoms with Crippen molar-refractivity contribution in [1.29, 1.82) is 5.26 Å². The van der Waals surface area contributed by atoms with E-state index in [-0.39, 0.29) is 25.0 Å². The number of thiazole rings is 1. The number of hydrogen-bond donors (Lipinski definition) is 2. The van der Waals surface area contributed by atoms with Crippen LogP contribution in [0, 0.1) is 18.3 Å². The van der Waals surface area contributed by atoms with E-state index < -0.39 is 12.1 Å². The van der Waals surface area contributed by atoms with Crippen LogP contribution in [-0.2, 0) is 16.1 Å². The first kappa shape index (κ1) is 22.6. The van der Waals surface area contributed by atoms with Gasteiger partial charge in [0.25, 0.3) is 5.91 Å². The number of nitriles is 1. The third kappa shape index (κ3) is 4.93. The number of nitrogens with one attached hydrogen (secondary N) is 1. The van der Waals surface area contributed by atoms with Crippen molar-refractivity contribution in [2.24, 2.45) is 0 Å². The average Bonchev–Trinajstić information content (AvgIpc) is 3.25. The number of aliphatic hydroxyl groups excluding tert-OH is 1. The molecule has 0 unspecified atom stereocenters. The summed E-state index contributed by atoms with van der Waals surface area (Å²) in [6, 6.07) is 15.0. The van der Waals surface area contributed by atoms with Crippen LogP contribution in [0.3, 0.4) is 0 Å². The lowest BCUT2D eigenvalue weighted by molar-refractivity contribution is -0.161. The number of carbonyl (C=O) groups is 2. The highest BCUT2D eigenvalue weighted by atomic mass is 32.1. The second-order valence-corrected chi connectivity index (χ2v) is 8.57. The number of hydrogen-bond acceptors (Lipinski definition) is 7. The van der Waals surface area contributed by atoms with Crippen LogP contribution in [0.4, 0.5) is 5.69 Å². The molecule has 2 atom stereocenters. The maximum absolute atomic E-state index is 12.5. The van der Waals surface area contributed by atoms with Crippen LogP contribution in [0.5, 0.6) is 0 Å². The molecule has 168 valence electrons. The van der Waals surface area contributed by atoms with E-state index in [1.165, 1.54) is 17.4 Å². The molecule has 2 heterocycles. The van der Waals surface area contributed by atoms with Gasteiger partial charge in [0.05, 0.1) is 42.0 Å². The molecule has 1 aliphatic heterocycles. The summed E-state index contributed by atoms with van der Waals surface area (Å²) in [7, 11) is 0. The van der Waals surface area contributed by atoms with E-state index >= 15 is 0 Å². The van der Waals surface area contributed by atoms with E-state index in [1.807, 2.05) is 13.0 Å². The van der Waals surface area contributed by atoms with Gasteiger partial charge in [-0.25, -0.2) is 4.98 Å². The number of aromatic nitrogens is 1. The molecule has 4 rings (SSSR count). The summed E-state index contributed by atoms with van der Waals surface area (Å²) in [6.45, 7) is 1.94. The lowest BCUT2D eigenvalue weighted by atomic mass is 9.99. The Kier molecular flexibility index (Phi) is 6.79. The van der Waals surface area contributed by atoms with Gasteiger partial charge < -0.3 is 20.1 Å². The third-order valence-electron chi connectivity index (χ3n) is 5.55. The van der Waals surface area contributed by atoms with Gasteiger partial charge in [-0.05, 0) is 42.8 Å². The van der Waals surface area contributed by atoms with E-state index in [9.17, 15) is 14.7 Å². The second kappa shape index (κ2) is 9.92. The molecule has 1 fully saturated rings. The van der Waals surface area contributed by atoms with Gasteiger partial charge >= 0.3 is 0 Å². The van der Waals surface area contributed by atoms with Crippen LogP contribution < -0.4 is 5.32 Å². The molecular weight excluding hydrogens is 440 g/mol. The van der Waals surface area contributed by atoms with Crippen LogP contribution >= 0.6 is 11.3 Å². The van der Waals surface area contributed by atoms with Crippen LogP contribution in [0.1, 0.15) is 38.2 Å². The Morgan fingerprint density at radius 1 is 1.33 bits per heavy atom. The van der Waals surface area contributed by atoms with Crippen molar-refractivity contribution in [3.05, 3.63) is 81.3 Å². The molecule has 2 N–H and O–H groups in total. The number of aryl methyl sites for hydroxylation is 1. The number of ether oxygens (including phenoxy) is 1. The molecule has 2 amide bonds. The van der Waals surface area contributed by atoms with Crippen LogP contribution in [-0.4, -0.2) is 46.1 Å². The molecule has 0 aliphatic carbocycles. The van der Waals surface area contributed by atoms with Crippen molar-refractivity contribution in [2.75, 3.05) is 18.5 Å². The molecule has 0 spiro atoms. The fourth-order valence-corrected chi connectivity index (χ4v) is 4.52. The van der Waals surface area contributed by atoms with Gasteiger partial charge in [0, 0.05) is 16.1 Å². The summed E-state index contributed by atoms with van der Waals surface area (Å²) in [4.78, 5) is 31.9. The quantitative estimate of drug-likeness (QED) is 0.582. The van der Waals surface area contributed by atoms with Crippen molar-refractivity contribution in [2.45, 2.75) is 25.6 Å². The van der Waals surface area contributed by atoms with Gasteiger partial charge in [-0.15, -0.1) is 11.3 Å². The SMILES string of the molecule is Cc1ncsc1CN1C(=O)CO[C@H](c2ccc(NC(=O)c3cccc(C#N)c3)cc2)[C@H]1CO. The molecule has 1 aliphatic rings. The lowest BCUT2D eigenvalue weighted by Gasteiger charge is -2.40. The number of anilines is 1. The zero-order chi connectivity index (χ0) is 23.4. The standard InChI is InChI=1S/C24H22N4O4S/c1-15-21(33-14-26-15)11-28-20(12-29)23(32-13-22(28)30)17-5-7-19(8-6-17)27-24(31)18-4-2-3-16(9-18)10-25/h2-9,14,20,23,29H,11-13H2,1H3,(H,27,31)/t20-,23-/m1/s1. The fraction of sp³-hybridized carbons (Fsp3) is 0.250. The number of carbonyl (C=O) groups excluding carboxylic acids is 2.